The molecule has 0 aliphatic carbocycles. The number of hydrogen-bond acceptors (Lipinski definition) is 5. The van der Waals surface area contributed by atoms with Crippen LogP contribution in [0.25, 0.3) is 6.08 Å². The summed E-state index contributed by atoms with van der Waals surface area (Å²) in [6.45, 7) is 0.242. The second kappa shape index (κ2) is 6.85. The molecule has 24 heavy (non-hydrogen) atoms. The van der Waals surface area contributed by atoms with Crippen molar-refractivity contribution < 1.29 is 27.7 Å². The molecule has 2 atom stereocenters. The van der Waals surface area contributed by atoms with E-state index in [9.17, 15) is 23.1 Å². The summed E-state index contributed by atoms with van der Waals surface area (Å²) in [5.41, 5.74) is 0.700. The number of phenols is 1. The summed E-state index contributed by atoms with van der Waals surface area (Å²) in [5, 5.41) is 9.19. The Balaban J connectivity index is 0.00000208. The molecule has 3 rings (SSSR count). The molecule has 0 aromatic heterocycles. The molecule has 2 aliphatic heterocycles. The predicted octanol–water partition coefficient (Wildman–Crippen LogP) is -0.629. The summed E-state index contributed by atoms with van der Waals surface area (Å²) in [6, 6.07) is 4.68. The molecule has 2 N–H and O–H groups in total. The summed E-state index contributed by atoms with van der Waals surface area (Å²) in [6.07, 6.45) is 3.13. The molecular formula is C14H15N2NaO6S. The number of aromatic hydroxyl groups is 1. The van der Waals surface area contributed by atoms with E-state index < -0.39 is 34.2 Å². The predicted molar refractivity (Wildman–Crippen MR) is 86.6 cm³/mol. The normalized spacial score (nSPS) is 23.0. The third-order valence-electron chi connectivity index (χ3n) is 3.98. The molecule has 1 aromatic carbocycles. The Morgan fingerprint density at radius 2 is 1.88 bits per heavy atom. The molecule has 1 aromatic rings. The molecule has 0 radical (unpaired) electrons. The third-order valence-corrected chi connectivity index (χ3v) is 4.93. The van der Waals surface area contributed by atoms with Gasteiger partial charge in [-0.3, -0.25) is 14.1 Å². The van der Waals surface area contributed by atoms with Gasteiger partial charge in [0.25, 0.3) is 5.91 Å². The van der Waals surface area contributed by atoms with Gasteiger partial charge in [-0.05, 0) is 30.2 Å². The molecular weight excluding hydrogens is 347 g/mol. The van der Waals surface area contributed by atoms with Gasteiger partial charge in [0, 0.05) is 12.6 Å². The fourth-order valence-corrected chi connectivity index (χ4v) is 3.81. The van der Waals surface area contributed by atoms with E-state index in [1.54, 1.807) is 18.2 Å². The van der Waals surface area contributed by atoms with Crippen LogP contribution in [0.1, 0.15) is 12.0 Å². The topological polar surface area (TPSA) is 115 Å². The number of β-lactam (4-membered cyclic amide) rings is 1. The van der Waals surface area contributed by atoms with E-state index in [0.717, 1.165) is 0 Å². The number of amides is 2. The summed E-state index contributed by atoms with van der Waals surface area (Å²) in [7, 11) is -4.57. The van der Waals surface area contributed by atoms with Gasteiger partial charge in [0.2, 0.25) is 5.91 Å². The summed E-state index contributed by atoms with van der Waals surface area (Å²) >= 11 is 0. The van der Waals surface area contributed by atoms with Crippen molar-refractivity contribution in [3.05, 3.63) is 35.9 Å². The first-order valence-electron chi connectivity index (χ1n) is 6.87. The van der Waals surface area contributed by atoms with Gasteiger partial charge in [0.1, 0.15) is 11.8 Å². The van der Waals surface area contributed by atoms with Gasteiger partial charge in [0.15, 0.2) is 0 Å². The van der Waals surface area contributed by atoms with E-state index in [2.05, 4.69) is 0 Å². The Labute approximate surface area is 160 Å². The summed E-state index contributed by atoms with van der Waals surface area (Å²) in [4.78, 5) is 25.3. The average Bonchev–Trinajstić information content (AvgIpc) is 2.83. The summed E-state index contributed by atoms with van der Waals surface area (Å²) in [5.74, 6) is -1.09. The molecule has 0 bridgehead atoms. The van der Waals surface area contributed by atoms with Crippen molar-refractivity contribution in [2.24, 2.45) is 0 Å². The maximum absolute atomic E-state index is 12.2. The van der Waals surface area contributed by atoms with Crippen molar-refractivity contribution in [1.29, 1.82) is 0 Å². The number of rotatable bonds is 3. The Morgan fingerprint density at radius 3 is 2.46 bits per heavy atom. The second-order valence-corrected chi connectivity index (χ2v) is 6.66. The molecule has 0 spiro atoms. The van der Waals surface area contributed by atoms with E-state index in [0.29, 0.717) is 16.3 Å². The van der Waals surface area contributed by atoms with Gasteiger partial charge in [-0.15, -0.1) is 0 Å². The first kappa shape index (κ1) is 18.9. The third kappa shape index (κ3) is 3.35. The average molecular weight is 362 g/mol. The van der Waals surface area contributed by atoms with Gasteiger partial charge in [0.05, 0.1) is 6.04 Å². The fourth-order valence-electron chi connectivity index (χ4n) is 2.91. The number of nitrogens with zero attached hydrogens (tertiary/aromatic N) is 2. The van der Waals surface area contributed by atoms with Crippen LogP contribution in [0.15, 0.2) is 30.3 Å². The first-order chi connectivity index (χ1) is 10.8. The molecule has 2 aliphatic rings. The number of phenolic OH excluding ortho intramolecular Hbond substituents is 1. The van der Waals surface area contributed by atoms with Gasteiger partial charge in [-0.1, -0.05) is 12.1 Å². The molecule has 2 amide bonds. The van der Waals surface area contributed by atoms with Crippen molar-refractivity contribution in [2.45, 2.75) is 18.5 Å². The number of likely N-dealkylation sites (tertiary alicyclic amines) is 1. The molecule has 2 fully saturated rings. The van der Waals surface area contributed by atoms with Crippen LogP contribution in [0.4, 0.5) is 0 Å². The maximum atomic E-state index is 12.2. The molecule has 0 unspecified atom stereocenters. The second-order valence-electron chi connectivity index (χ2n) is 5.37. The van der Waals surface area contributed by atoms with E-state index in [1.165, 1.54) is 23.1 Å². The van der Waals surface area contributed by atoms with Crippen LogP contribution in [0, 0.1) is 0 Å². The number of benzene rings is 1. The van der Waals surface area contributed by atoms with E-state index in [1.807, 2.05) is 0 Å². The van der Waals surface area contributed by atoms with Crippen LogP contribution < -0.4 is 0 Å². The zero-order valence-corrected chi connectivity index (χ0v) is 12.7. The molecule has 0 saturated carbocycles. The SMILES string of the molecule is O=C(C=Cc1ccc(O)cc1)N1CC[C@@H]2[C@H]1C(=O)N2S(=O)(=O)O.[NaH]. The Morgan fingerprint density at radius 1 is 1.25 bits per heavy atom. The van der Waals surface area contributed by atoms with Gasteiger partial charge >= 0.3 is 39.9 Å². The standard InChI is InChI=1S/C14H14N2O6S.Na.H/c17-10-4-1-9(2-5-10)3-6-12(18)15-8-7-11-13(15)14(19)16(11)23(20,21)22;;/h1-6,11,13,17H,7-8H2,(H,20,21,22);;/t11-,13+;;/m1../s1. The van der Waals surface area contributed by atoms with Gasteiger partial charge in [-0.25, -0.2) is 4.31 Å². The minimum atomic E-state index is -4.57. The monoisotopic (exact) mass is 362 g/mol. The van der Waals surface area contributed by atoms with Crippen molar-refractivity contribution in [3.63, 3.8) is 0 Å². The molecule has 8 nitrogen and oxygen atoms in total. The van der Waals surface area contributed by atoms with Crippen LogP contribution in [0.3, 0.4) is 0 Å². The number of carbonyl (C=O) groups excluding carboxylic acids is 2. The quantitative estimate of drug-likeness (QED) is 0.320. The van der Waals surface area contributed by atoms with E-state index in [4.69, 9.17) is 4.55 Å². The van der Waals surface area contributed by atoms with Crippen LogP contribution in [0.2, 0.25) is 0 Å². The van der Waals surface area contributed by atoms with Crippen LogP contribution in [-0.2, 0) is 19.9 Å². The van der Waals surface area contributed by atoms with Crippen LogP contribution >= 0.6 is 0 Å². The zero-order chi connectivity index (χ0) is 16.8. The number of carbonyl (C=O) groups is 2. The molecule has 124 valence electrons. The van der Waals surface area contributed by atoms with Crippen LogP contribution in [-0.4, -0.2) is 87.3 Å². The molecule has 10 heteroatoms. The fraction of sp³-hybridized carbons (Fsp3) is 0.286. The number of hydrogen-bond donors (Lipinski definition) is 2. The Hall–Kier alpha value is -1.39. The minimum absolute atomic E-state index is 0. The van der Waals surface area contributed by atoms with Gasteiger partial charge in [-0.2, -0.15) is 8.42 Å². The van der Waals surface area contributed by atoms with E-state index in [-0.39, 0.29) is 41.9 Å². The van der Waals surface area contributed by atoms with Crippen molar-refractivity contribution >= 4 is 57.8 Å². The molecule has 2 saturated heterocycles. The van der Waals surface area contributed by atoms with Gasteiger partial charge < -0.3 is 10.0 Å². The summed E-state index contributed by atoms with van der Waals surface area (Å²) < 4.78 is 31.6. The first-order valence-corrected chi connectivity index (χ1v) is 8.27. The molecule has 2 heterocycles. The van der Waals surface area contributed by atoms with Crippen molar-refractivity contribution in [2.75, 3.05) is 6.54 Å². The van der Waals surface area contributed by atoms with Crippen LogP contribution in [0.5, 0.6) is 5.75 Å². The zero-order valence-electron chi connectivity index (χ0n) is 11.9. The Bertz CT molecular complexity index is 792. The van der Waals surface area contributed by atoms with Crippen molar-refractivity contribution in [1.82, 2.24) is 9.21 Å². The van der Waals surface area contributed by atoms with E-state index >= 15 is 0 Å². The Kier molecular flexibility index (Phi) is 5.41. The number of fused-ring (bicyclic) bond motifs is 1. The van der Waals surface area contributed by atoms with Crippen molar-refractivity contribution in [3.8, 4) is 5.75 Å².